The zero-order valence-electron chi connectivity index (χ0n) is 14.3. The molecule has 140 valence electrons. The average Bonchev–Trinajstić information content (AvgIpc) is 3.13. The highest BCUT2D eigenvalue weighted by atomic mass is 32.1. The van der Waals surface area contributed by atoms with Crippen LogP contribution in [0.2, 0.25) is 0 Å². The van der Waals surface area contributed by atoms with Crippen molar-refractivity contribution >= 4 is 28.6 Å². The van der Waals surface area contributed by atoms with Crippen molar-refractivity contribution in [2.75, 3.05) is 12.5 Å². The fraction of sp³-hybridized carbons (Fsp3) is 0.0556. The Bertz CT molecular complexity index is 990. The first-order valence-corrected chi connectivity index (χ1v) is 8.59. The number of quaternary nitrogens is 1. The van der Waals surface area contributed by atoms with Crippen LogP contribution in [0.25, 0.3) is 16.3 Å². The van der Waals surface area contributed by atoms with Crippen molar-refractivity contribution in [1.29, 1.82) is 0 Å². The van der Waals surface area contributed by atoms with Crippen LogP contribution < -0.4 is 15.1 Å². The van der Waals surface area contributed by atoms with E-state index in [9.17, 15) is 19.9 Å². The van der Waals surface area contributed by atoms with E-state index in [0.29, 0.717) is 16.1 Å². The normalized spacial score (nSPS) is 11.3. The Labute approximate surface area is 158 Å². The number of nitrogens with zero attached hydrogens (tertiary/aromatic N) is 2. The molecule has 0 aliphatic heterocycles. The van der Waals surface area contributed by atoms with Crippen LogP contribution in [-0.2, 0) is 0 Å². The highest BCUT2D eigenvalue weighted by Crippen LogP contribution is 2.33. The summed E-state index contributed by atoms with van der Waals surface area (Å²) in [6.07, 6.45) is 0. The zero-order chi connectivity index (χ0) is 19.6. The number of hydrogen-bond donors (Lipinski definition) is 4. The molecule has 0 amide bonds. The number of hydrogen-bond acceptors (Lipinski definition) is 7. The number of halogens is 1. The van der Waals surface area contributed by atoms with E-state index in [2.05, 4.69) is 17.0 Å². The predicted octanol–water partition coefficient (Wildman–Crippen LogP) is 4.60. The van der Waals surface area contributed by atoms with Crippen LogP contribution in [0.5, 0.6) is 5.75 Å². The highest BCUT2D eigenvalue weighted by molar-refractivity contribution is 7.13. The van der Waals surface area contributed by atoms with Crippen molar-refractivity contribution < 1.29 is 24.6 Å². The van der Waals surface area contributed by atoms with E-state index < -0.39 is 10.7 Å². The van der Waals surface area contributed by atoms with Crippen molar-refractivity contribution in [2.45, 2.75) is 0 Å². The van der Waals surface area contributed by atoms with Crippen LogP contribution in [0.3, 0.4) is 0 Å². The molecule has 1 heterocycles. The lowest BCUT2D eigenvalue weighted by Gasteiger charge is -2.20. The van der Waals surface area contributed by atoms with Crippen LogP contribution in [0, 0.1) is 5.82 Å². The van der Waals surface area contributed by atoms with Gasteiger partial charge >= 0.3 is 5.82 Å². The van der Waals surface area contributed by atoms with Gasteiger partial charge in [0.15, 0.2) is 0 Å². The zero-order valence-corrected chi connectivity index (χ0v) is 15.1. The fourth-order valence-electron chi connectivity index (χ4n) is 2.35. The maximum absolute atomic E-state index is 13.4. The summed E-state index contributed by atoms with van der Waals surface area (Å²) in [5.74, 6) is -0.412. The molecule has 9 heteroatoms. The molecule has 1 aromatic heterocycles. The number of anilines is 1. The Morgan fingerprint density at radius 2 is 2.04 bits per heavy atom. The molecule has 0 atom stereocenters. The first-order valence-electron chi connectivity index (χ1n) is 7.71. The first kappa shape index (κ1) is 18.8. The fourth-order valence-corrected chi connectivity index (χ4v) is 3.18. The molecule has 2 aromatic carbocycles. The molecule has 4 N–H and O–H groups in total. The summed E-state index contributed by atoms with van der Waals surface area (Å²) in [7, 11) is 1.40. The number of aliphatic hydroxyl groups is 1. The molecule has 3 aromatic rings. The largest absolute Gasteiger partial charge is 0.508 e. The molecule has 0 bridgehead atoms. The van der Waals surface area contributed by atoms with Crippen LogP contribution >= 0.6 is 11.3 Å². The SMILES string of the molecule is C=C(O)c1ccc(N[N+](O)(O)c2csc(-c3cccc(F)c3)n2)c(OC)c1. The van der Waals surface area contributed by atoms with Gasteiger partial charge in [0.1, 0.15) is 32.9 Å². The number of aromatic nitrogens is 1. The molecule has 0 saturated carbocycles. The number of nitrogens with one attached hydrogen (secondary N) is 1. The molecule has 27 heavy (non-hydrogen) atoms. The summed E-state index contributed by atoms with van der Waals surface area (Å²) in [5, 5.41) is 32.1. The Balaban J connectivity index is 1.88. The Morgan fingerprint density at radius 1 is 1.26 bits per heavy atom. The van der Waals surface area contributed by atoms with Gasteiger partial charge in [0.2, 0.25) is 0 Å². The lowest BCUT2D eigenvalue weighted by Crippen LogP contribution is -2.48. The third-order valence-corrected chi connectivity index (χ3v) is 4.57. The van der Waals surface area contributed by atoms with Gasteiger partial charge in [-0.3, -0.25) is 0 Å². The van der Waals surface area contributed by atoms with Gasteiger partial charge in [-0.05, 0) is 30.3 Å². The molecule has 7 nitrogen and oxygen atoms in total. The molecule has 0 spiro atoms. The van der Waals surface area contributed by atoms with Crippen LogP contribution in [0.15, 0.2) is 54.4 Å². The summed E-state index contributed by atoms with van der Waals surface area (Å²) in [6, 6.07) is 10.4. The maximum atomic E-state index is 13.4. The second kappa shape index (κ2) is 7.33. The van der Waals surface area contributed by atoms with Crippen molar-refractivity contribution in [1.82, 2.24) is 9.90 Å². The summed E-state index contributed by atoms with van der Waals surface area (Å²) >= 11 is 1.14. The smallest absolute Gasteiger partial charge is 0.333 e. The van der Waals surface area contributed by atoms with Gasteiger partial charge < -0.3 is 9.84 Å². The van der Waals surface area contributed by atoms with E-state index in [4.69, 9.17) is 4.74 Å². The molecular formula is C18H17FN3O4S+. The molecule has 0 fully saturated rings. The molecule has 0 aliphatic carbocycles. The van der Waals surface area contributed by atoms with Gasteiger partial charge in [0.05, 0.1) is 12.5 Å². The average molecular weight is 390 g/mol. The van der Waals surface area contributed by atoms with E-state index in [0.717, 1.165) is 11.3 Å². The highest BCUT2D eigenvalue weighted by Gasteiger charge is 2.32. The van der Waals surface area contributed by atoms with E-state index in [1.807, 2.05) is 0 Å². The summed E-state index contributed by atoms with van der Waals surface area (Å²) in [6.45, 7) is 3.43. The van der Waals surface area contributed by atoms with E-state index in [1.54, 1.807) is 12.1 Å². The lowest BCUT2D eigenvalue weighted by atomic mass is 10.1. The topological polar surface area (TPSA) is 94.8 Å². The van der Waals surface area contributed by atoms with Gasteiger partial charge in [0, 0.05) is 11.1 Å². The summed E-state index contributed by atoms with van der Waals surface area (Å²) in [5.41, 5.74) is 3.67. The quantitative estimate of drug-likeness (QED) is 0.279. The Hall–Kier alpha value is -2.98. The summed E-state index contributed by atoms with van der Waals surface area (Å²) < 4.78 is 18.6. The Kier molecular flexibility index (Phi) is 5.10. The number of benzene rings is 2. The molecule has 0 radical (unpaired) electrons. The van der Waals surface area contributed by atoms with E-state index in [-0.39, 0.29) is 23.0 Å². The minimum absolute atomic E-state index is 0.114. The van der Waals surface area contributed by atoms with Gasteiger partial charge in [0.25, 0.3) is 0 Å². The molecular weight excluding hydrogens is 373 g/mol. The second-order valence-electron chi connectivity index (χ2n) is 5.60. The van der Waals surface area contributed by atoms with Gasteiger partial charge in [-0.25, -0.2) is 4.39 Å². The van der Waals surface area contributed by atoms with Crippen molar-refractivity contribution in [2.24, 2.45) is 0 Å². The van der Waals surface area contributed by atoms with Crippen LogP contribution in [0.4, 0.5) is 15.9 Å². The van der Waals surface area contributed by atoms with Crippen molar-refractivity contribution in [3.8, 4) is 16.3 Å². The van der Waals surface area contributed by atoms with Crippen LogP contribution in [0.1, 0.15) is 5.56 Å². The van der Waals surface area contributed by atoms with Gasteiger partial charge in [-0.15, -0.1) is 21.8 Å². The lowest BCUT2D eigenvalue weighted by molar-refractivity contribution is -0.274. The van der Waals surface area contributed by atoms with Gasteiger partial charge in [-0.1, -0.05) is 18.7 Å². The standard InChI is InChI=1S/C18H16FN3O4S/c1-11(23)12-6-7-15(16(9-12)26-2)21-22(24,25)17-10-27-18(20-17)13-4-3-5-14(19)8-13/h3-10,21,24-25H,1H2,2H3/p+1. The minimum Gasteiger partial charge on any atom is -0.508 e. The van der Waals surface area contributed by atoms with E-state index in [1.165, 1.54) is 42.8 Å². The van der Waals surface area contributed by atoms with E-state index >= 15 is 0 Å². The number of aliphatic hydroxyl groups excluding tert-OH is 1. The molecule has 0 saturated heterocycles. The Morgan fingerprint density at radius 3 is 2.70 bits per heavy atom. The predicted molar refractivity (Wildman–Crippen MR) is 101 cm³/mol. The van der Waals surface area contributed by atoms with Crippen molar-refractivity contribution in [3.63, 3.8) is 0 Å². The molecule has 0 unspecified atom stereocenters. The number of ether oxygens (including phenoxy) is 1. The maximum Gasteiger partial charge on any atom is 0.333 e. The second-order valence-corrected chi connectivity index (χ2v) is 6.45. The molecule has 3 rings (SSSR count). The van der Waals surface area contributed by atoms with Crippen molar-refractivity contribution in [3.05, 3.63) is 65.8 Å². The number of methoxy groups -OCH3 is 1. The third-order valence-electron chi connectivity index (χ3n) is 3.69. The first-order chi connectivity index (χ1) is 12.8. The third kappa shape index (κ3) is 4.07. The van der Waals surface area contributed by atoms with Gasteiger partial charge in [-0.2, -0.15) is 10.4 Å². The van der Waals surface area contributed by atoms with Crippen LogP contribution in [-0.4, -0.2) is 27.6 Å². The number of rotatable bonds is 6. The minimum atomic E-state index is -1.75. The number of thiazole rings is 1. The molecule has 0 aliphatic rings. The monoisotopic (exact) mass is 390 g/mol. The summed E-state index contributed by atoms with van der Waals surface area (Å²) in [4.78, 5) is 2.41.